The van der Waals surface area contributed by atoms with Crippen LogP contribution < -0.4 is 5.43 Å². The van der Waals surface area contributed by atoms with Crippen molar-refractivity contribution in [1.29, 1.82) is 0 Å². The summed E-state index contributed by atoms with van der Waals surface area (Å²) in [5.74, 6) is 0. The number of nitrogens with zero attached hydrogens (tertiary/aromatic N) is 1. The van der Waals surface area contributed by atoms with Crippen molar-refractivity contribution in [2.24, 2.45) is 0 Å². The number of hydrogen-bond acceptors (Lipinski definition) is 2. The zero-order valence-electron chi connectivity index (χ0n) is 4.81. The van der Waals surface area contributed by atoms with Crippen molar-refractivity contribution in [3.05, 3.63) is 27.1 Å². The minimum absolute atomic E-state index is 0.140. The van der Waals surface area contributed by atoms with E-state index in [0.717, 1.165) is 0 Å². The van der Waals surface area contributed by atoms with Crippen LogP contribution in [0.25, 0.3) is 0 Å². The van der Waals surface area contributed by atoms with Gasteiger partial charge in [0.2, 0.25) is 5.43 Å². The SMILES string of the molecule is Cc1c(Cl)[nH]ncc1=O. The molecule has 1 aromatic rings. The average molecular weight is 145 g/mol. The normalized spacial score (nSPS) is 9.56. The Morgan fingerprint density at radius 1 is 1.78 bits per heavy atom. The molecule has 3 nitrogen and oxygen atoms in total. The van der Waals surface area contributed by atoms with Crippen molar-refractivity contribution >= 4 is 11.6 Å². The van der Waals surface area contributed by atoms with Gasteiger partial charge in [0.05, 0.1) is 6.20 Å². The summed E-state index contributed by atoms with van der Waals surface area (Å²) >= 11 is 5.50. The van der Waals surface area contributed by atoms with Crippen molar-refractivity contribution in [2.75, 3.05) is 0 Å². The lowest BCUT2D eigenvalue weighted by molar-refractivity contribution is 0.999. The molecule has 0 unspecified atom stereocenters. The van der Waals surface area contributed by atoms with Crippen LogP contribution in [0.5, 0.6) is 0 Å². The second kappa shape index (κ2) is 2.19. The number of hydrogen-bond donors (Lipinski definition) is 1. The Hall–Kier alpha value is -0.830. The second-order valence-electron chi connectivity index (χ2n) is 1.67. The zero-order chi connectivity index (χ0) is 6.85. The molecule has 0 bridgehead atoms. The van der Waals surface area contributed by atoms with E-state index < -0.39 is 0 Å². The molecule has 1 heterocycles. The lowest BCUT2D eigenvalue weighted by Crippen LogP contribution is -2.06. The van der Waals surface area contributed by atoms with Gasteiger partial charge in [-0.2, -0.15) is 5.10 Å². The number of nitrogens with one attached hydrogen (secondary N) is 1. The molecule has 0 spiro atoms. The molecule has 0 saturated carbocycles. The van der Waals surface area contributed by atoms with Crippen LogP contribution in [-0.4, -0.2) is 10.2 Å². The standard InChI is InChI=1S/C5H5ClN2O/c1-3-4(9)2-7-8-5(3)6/h2H,1H3,(H,8,9). The molecule has 1 aromatic heterocycles. The second-order valence-corrected chi connectivity index (χ2v) is 2.05. The van der Waals surface area contributed by atoms with Crippen molar-refractivity contribution in [2.45, 2.75) is 6.92 Å². The average Bonchev–Trinajstić information content (AvgIpc) is 1.83. The van der Waals surface area contributed by atoms with Gasteiger partial charge in [0, 0.05) is 5.56 Å². The highest BCUT2D eigenvalue weighted by Gasteiger charge is 1.96. The van der Waals surface area contributed by atoms with Gasteiger partial charge in [-0.15, -0.1) is 0 Å². The highest BCUT2D eigenvalue weighted by Crippen LogP contribution is 2.02. The Morgan fingerprint density at radius 2 is 2.44 bits per heavy atom. The van der Waals surface area contributed by atoms with Crippen LogP contribution >= 0.6 is 11.6 Å². The van der Waals surface area contributed by atoms with E-state index in [1.165, 1.54) is 6.20 Å². The van der Waals surface area contributed by atoms with E-state index in [9.17, 15) is 4.79 Å². The minimum atomic E-state index is -0.140. The molecule has 48 valence electrons. The molecule has 0 fully saturated rings. The van der Waals surface area contributed by atoms with Crippen molar-refractivity contribution in [3.63, 3.8) is 0 Å². The molecule has 0 saturated heterocycles. The van der Waals surface area contributed by atoms with Gasteiger partial charge in [0.15, 0.2) is 0 Å². The summed E-state index contributed by atoms with van der Waals surface area (Å²) in [5.41, 5.74) is 0.366. The summed E-state index contributed by atoms with van der Waals surface area (Å²) in [4.78, 5) is 10.7. The fraction of sp³-hybridized carbons (Fsp3) is 0.200. The summed E-state index contributed by atoms with van der Waals surface area (Å²) < 4.78 is 0. The maximum Gasteiger partial charge on any atom is 0.204 e. The van der Waals surface area contributed by atoms with Crippen molar-refractivity contribution in [3.8, 4) is 0 Å². The van der Waals surface area contributed by atoms with Crippen LogP contribution in [0, 0.1) is 6.92 Å². The van der Waals surface area contributed by atoms with E-state index in [-0.39, 0.29) is 5.43 Å². The molecule has 1 rings (SSSR count). The molecule has 0 aliphatic rings. The van der Waals surface area contributed by atoms with Gasteiger partial charge < -0.3 is 0 Å². The smallest absolute Gasteiger partial charge is 0.204 e. The Labute approximate surface area is 56.7 Å². The molecule has 0 amide bonds. The van der Waals surface area contributed by atoms with Crippen LogP contribution in [0.4, 0.5) is 0 Å². The summed E-state index contributed by atoms with van der Waals surface area (Å²) in [6.45, 7) is 1.64. The molecule has 0 aliphatic carbocycles. The Balaban J connectivity index is 3.43. The van der Waals surface area contributed by atoms with Gasteiger partial charge in [-0.1, -0.05) is 11.6 Å². The zero-order valence-corrected chi connectivity index (χ0v) is 5.57. The van der Waals surface area contributed by atoms with Gasteiger partial charge in [-0.25, -0.2) is 0 Å². The van der Waals surface area contributed by atoms with Crippen LogP contribution in [-0.2, 0) is 0 Å². The highest BCUT2D eigenvalue weighted by molar-refractivity contribution is 6.30. The van der Waals surface area contributed by atoms with E-state index >= 15 is 0 Å². The van der Waals surface area contributed by atoms with Gasteiger partial charge >= 0.3 is 0 Å². The van der Waals surface area contributed by atoms with E-state index in [0.29, 0.717) is 10.7 Å². The molecule has 4 heteroatoms. The fourth-order valence-corrected chi connectivity index (χ4v) is 0.578. The van der Waals surface area contributed by atoms with Gasteiger partial charge in [0.25, 0.3) is 0 Å². The predicted molar refractivity (Wildman–Crippen MR) is 34.6 cm³/mol. The molecule has 0 atom stereocenters. The minimum Gasteiger partial charge on any atom is -0.288 e. The lowest BCUT2D eigenvalue weighted by atomic mass is 10.3. The Bertz CT molecular complexity index is 268. The largest absolute Gasteiger partial charge is 0.288 e. The maximum atomic E-state index is 10.7. The summed E-state index contributed by atoms with van der Waals surface area (Å²) in [6.07, 6.45) is 1.20. The number of rotatable bonds is 0. The topological polar surface area (TPSA) is 45.8 Å². The first kappa shape index (κ1) is 6.29. The van der Waals surface area contributed by atoms with Gasteiger partial charge in [0.1, 0.15) is 5.15 Å². The van der Waals surface area contributed by atoms with E-state index in [4.69, 9.17) is 11.6 Å². The molecule has 0 aliphatic heterocycles. The van der Waals surface area contributed by atoms with Crippen LogP contribution in [0.1, 0.15) is 5.56 Å². The molecule has 1 N–H and O–H groups in total. The molecular formula is C5H5ClN2O. The lowest BCUT2D eigenvalue weighted by Gasteiger charge is -1.90. The third kappa shape index (κ3) is 1.10. The first-order chi connectivity index (χ1) is 4.22. The Morgan fingerprint density at radius 3 is 2.89 bits per heavy atom. The van der Waals surface area contributed by atoms with Gasteiger partial charge in [-0.05, 0) is 6.92 Å². The molecule has 0 radical (unpaired) electrons. The fourth-order valence-electron chi connectivity index (χ4n) is 0.436. The predicted octanol–water partition coefficient (Wildman–Crippen LogP) is 0.732. The maximum absolute atomic E-state index is 10.7. The van der Waals surface area contributed by atoms with Crippen molar-refractivity contribution < 1.29 is 0 Å². The third-order valence-electron chi connectivity index (χ3n) is 1.04. The van der Waals surface area contributed by atoms with Crippen molar-refractivity contribution in [1.82, 2.24) is 10.2 Å². The summed E-state index contributed by atoms with van der Waals surface area (Å²) in [5, 5.41) is 6.24. The summed E-state index contributed by atoms with van der Waals surface area (Å²) in [7, 11) is 0. The first-order valence-electron chi connectivity index (χ1n) is 2.41. The van der Waals surface area contributed by atoms with Crippen LogP contribution in [0.15, 0.2) is 11.0 Å². The monoisotopic (exact) mass is 144 g/mol. The van der Waals surface area contributed by atoms with Crippen LogP contribution in [0.2, 0.25) is 5.15 Å². The van der Waals surface area contributed by atoms with E-state index in [1.54, 1.807) is 6.92 Å². The highest BCUT2D eigenvalue weighted by atomic mass is 35.5. The first-order valence-corrected chi connectivity index (χ1v) is 2.79. The number of halogens is 1. The van der Waals surface area contributed by atoms with E-state index in [1.807, 2.05) is 0 Å². The quantitative estimate of drug-likeness (QED) is 0.584. The molecule has 0 aromatic carbocycles. The van der Waals surface area contributed by atoms with Crippen LogP contribution in [0.3, 0.4) is 0 Å². The number of H-pyrrole nitrogens is 1. The number of aromatic nitrogens is 2. The van der Waals surface area contributed by atoms with Gasteiger partial charge in [-0.3, -0.25) is 9.89 Å². The molecular weight excluding hydrogens is 140 g/mol. The Kier molecular flexibility index (Phi) is 1.53. The van der Waals surface area contributed by atoms with E-state index in [2.05, 4.69) is 10.2 Å². The number of aromatic amines is 1. The molecule has 9 heavy (non-hydrogen) atoms. The summed E-state index contributed by atoms with van der Waals surface area (Å²) in [6, 6.07) is 0. The third-order valence-corrected chi connectivity index (χ3v) is 1.41.